The summed E-state index contributed by atoms with van der Waals surface area (Å²) in [6.45, 7) is 2.36. The second kappa shape index (κ2) is 12.4. The largest absolute Gasteiger partial charge is 0.228 e. The number of hydrogen-bond acceptors (Lipinski definition) is 3. The molecule has 258 valence electrons. The highest BCUT2D eigenvalue weighted by Gasteiger charge is 2.41. The van der Waals surface area contributed by atoms with Gasteiger partial charge in [-0.25, -0.2) is 9.97 Å². The third-order valence-corrected chi connectivity index (χ3v) is 12.8. The highest BCUT2D eigenvalue weighted by molar-refractivity contribution is 7.26. The average molecular weight is 719 g/mol. The van der Waals surface area contributed by atoms with E-state index in [-0.39, 0.29) is 5.41 Å². The first-order valence-electron chi connectivity index (χ1n) is 18.8. The summed E-state index contributed by atoms with van der Waals surface area (Å²) in [6.07, 6.45) is 0. The van der Waals surface area contributed by atoms with Crippen LogP contribution in [0.1, 0.15) is 23.6 Å². The van der Waals surface area contributed by atoms with Crippen molar-refractivity contribution in [1.82, 2.24) is 9.97 Å². The standard InChI is InChI=1S/C52H34N2S/c1-52(37-21-6-3-7-22-37)43-27-12-10-25-40(43)49-41(26-15-28-44(49)52)46-32-45(53-51(54-46)33-16-4-2-5-17-33)35-19-14-20-36(30-35)48-38-23-9-8-18-34(38)31-42-39-24-11-13-29-47(39)55-50(42)48/h2-32H,1H3. The van der Waals surface area contributed by atoms with Crippen LogP contribution in [0.5, 0.6) is 0 Å². The lowest BCUT2D eigenvalue weighted by Crippen LogP contribution is -2.22. The normalized spacial score (nSPS) is 14.7. The first kappa shape index (κ1) is 31.8. The molecule has 0 fully saturated rings. The van der Waals surface area contributed by atoms with E-state index in [1.54, 1.807) is 0 Å². The van der Waals surface area contributed by atoms with Gasteiger partial charge in [-0.2, -0.15) is 0 Å². The number of thiophene rings is 1. The van der Waals surface area contributed by atoms with Gasteiger partial charge in [0.1, 0.15) is 0 Å². The summed E-state index contributed by atoms with van der Waals surface area (Å²) in [5.74, 6) is 0.713. The zero-order valence-corrected chi connectivity index (χ0v) is 31.0. The smallest absolute Gasteiger partial charge is 0.160 e. The van der Waals surface area contributed by atoms with Crippen LogP contribution in [-0.2, 0) is 5.41 Å². The molecular formula is C52H34N2S. The Morgan fingerprint density at radius 1 is 0.436 bits per heavy atom. The van der Waals surface area contributed by atoms with Crippen molar-refractivity contribution in [3.8, 4) is 56.2 Å². The molecule has 2 heterocycles. The van der Waals surface area contributed by atoms with Crippen LogP contribution >= 0.6 is 11.3 Å². The van der Waals surface area contributed by atoms with Crippen LogP contribution in [0.15, 0.2) is 188 Å². The lowest BCUT2D eigenvalue weighted by atomic mass is 9.74. The van der Waals surface area contributed by atoms with Gasteiger partial charge in [-0.1, -0.05) is 164 Å². The molecule has 2 aromatic heterocycles. The summed E-state index contributed by atoms with van der Waals surface area (Å²) < 4.78 is 2.61. The third-order valence-electron chi connectivity index (χ3n) is 11.6. The van der Waals surface area contributed by atoms with Crippen LogP contribution < -0.4 is 0 Å². The van der Waals surface area contributed by atoms with E-state index in [0.717, 1.165) is 28.1 Å². The maximum atomic E-state index is 5.35. The van der Waals surface area contributed by atoms with Crippen LogP contribution in [0.4, 0.5) is 0 Å². The number of hydrogen-bond donors (Lipinski definition) is 0. The van der Waals surface area contributed by atoms with E-state index in [9.17, 15) is 0 Å². The number of rotatable bonds is 5. The lowest BCUT2D eigenvalue weighted by Gasteiger charge is -2.28. The van der Waals surface area contributed by atoms with Gasteiger partial charge in [-0.05, 0) is 75.3 Å². The van der Waals surface area contributed by atoms with Gasteiger partial charge in [-0.15, -0.1) is 11.3 Å². The van der Waals surface area contributed by atoms with E-state index in [0.29, 0.717) is 5.82 Å². The minimum Gasteiger partial charge on any atom is -0.228 e. The van der Waals surface area contributed by atoms with Crippen molar-refractivity contribution < 1.29 is 0 Å². The number of aromatic nitrogens is 2. The maximum absolute atomic E-state index is 5.35. The predicted octanol–water partition coefficient (Wildman–Crippen LogP) is 14.0. The molecule has 8 aromatic carbocycles. The Morgan fingerprint density at radius 2 is 1.07 bits per heavy atom. The monoisotopic (exact) mass is 718 g/mol. The fourth-order valence-corrected chi connectivity index (χ4v) is 10.2. The van der Waals surface area contributed by atoms with Crippen LogP contribution in [-0.4, -0.2) is 9.97 Å². The molecule has 0 aliphatic heterocycles. The van der Waals surface area contributed by atoms with E-state index in [1.807, 2.05) is 17.4 Å². The second-order valence-electron chi connectivity index (χ2n) is 14.6. The maximum Gasteiger partial charge on any atom is 0.160 e. The molecule has 55 heavy (non-hydrogen) atoms. The van der Waals surface area contributed by atoms with Gasteiger partial charge in [0.2, 0.25) is 0 Å². The number of fused-ring (bicyclic) bond motifs is 7. The summed E-state index contributed by atoms with van der Waals surface area (Å²) in [6, 6.07) is 67.9. The molecule has 0 saturated carbocycles. The molecule has 2 nitrogen and oxygen atoms in total. The van der Waals surface area contributed by atoms with Crippen molar-refractivity contribution in [3.63, 3.8) is 0 Å². The summed E-state index contributed by atoms with van der Waals surface area (Å²) in [7, 11) is 0. The Bertz CT molecular complexity index is 3110. The molecule has 0 radical (unpaired) electrons. The predicted molar refractivity (Wildman–Crippen MR) is 232 cm³/mol. The number of benzene rings is 8. The zero-order chi connectivity index (χ0) is 36.5. The van der Waals surface area contributed by atoms with Crippen molar-refractivity contribution in [2.24, 2.45) is 0 Å². The molecule has 3 heteroatoms. The summed E-state index contributed by atoms with van der Waals surface area (Å²) in [4.78, 5) is 10.6. The van der Waals surface area contributed by atoms with Gasteiger partial charge in [-0.3, -0.25) is 0 Å². The Labute approximate surface area is 324 Å². The topological polar surface area (TPSA) is 25.8 Å². The Balaban J connectivity index is 1.14. The molecular weight excluding hydrogens is 685 g/mol. The van der Waals surface area contributed by atoms with E-state index in [4.69, 9.17) is 9.97 Å². The Kier molecular flexibility index (Phi) is 7.20. The highest BCUT2D eigenvalue weighted by atomic mass is 32.1. The minimum atomic E-state index is -0.300. The Morgan fingerprint density at radius 3 is 1.95 bits per heavy atom. The molecule has 11 rings (SSSR count). The molecule has 0 N–H and O–H groups in total. The van der Waals surface area contributed by atoms with Crippen LogP contribution in [0.25, 0.3) is 87.1 Å². The molecule has 0 spiro atoms. The SMILES string of the molecule is CC1(c2ccccc2)c2ccccc2-c2c(-c3cc(-c4cccc(-c5c6ccccc6cc6c5sc5ccccc56)c4)nc(-c4ccccc4)n3)cccc21. The second-order valence-corrected chi connectivity index (χ2v) is 15.7. The van der Waals surface area contributed by atoms with Crippen molar-refractivity contribution >= 4 is 42.3 Å². The van der Waals surface area contributed by atoms with Gasteiger partial charge in [0, 0.05) is 47.8 Å². The summed E-state index contributed by atoms with van der Waals surface area (Å²) >= 11 is 1.88. The van der Waals surface area contributed by atoms with Crippen LogP contribution in [0, 0.1) is 0 Å². The molecule has 1 aliphatic carbocycles. The fraction of sp³-hybridized carbons (Fsp3) is 0.0385. The van der Waals surface area contributed by atoms with Crippen molar-refractivity contribution in [2.45, 2.75) is 12.3 Å². The van der Waals surface area contributed by atoms with Gasteiger partial charge < -0.3 is 0 Å². The highest BCUT2D eigenvalue weighted by Crippen LogP contribution is 2.55. The number of nitrogens with zero attached hydrogens (tertiary/aromatic N) is 2. The summed E-state index contributed by atoms with van der Waals surface area (Å²) in [5, 5.41) is 5.11. The first-order valence-corrected chi connectivity index (χ1v) is 19.6. The van der Waals surface area contributed by atoms with Crippen molar-refractivity contribution in [1.29, 1.82) is 0 Å². The minimum absolute atomic E-state index is 0.300. The van der Waals surface area contributed by atoms with Crippen LogP contribution in [0.3, 0.4) is 0 Å². The van der Waals surface area contributed by atoms with E-state index >= 15 is 0 Å². The van der Waals surface area contributed by atoms with Crippen molar-refractivity contribution in [2.75, 3.05) is 0 Å². The van der Waals surface area contributed by atoms with E-state index in [2.05, 4.69) is 189 Å². The van der Waals surface area contributed by atoms with Gasteiger partial charge in [0.05, 0.1) is 11.4 Å². The van der Waals surface area contributed by atoms with Gasteiger partial charge >= 0.3 is 0 Å². The quantitative estimate of drug-likeness (QED) is 0.177. The van der Waals surface area contributed by atoms with Gasteiger partial charge in [0.25, 0.3) is 0 Å². The van der Waals surface area contributed by atoms with E-state index in [1.165, 1.54) is 69.9 Å². The molecule has 1 atom stereocenters. The Hall–Kier alpha value is -6.68. The van der Waals surface area contributed by atoms with Crippen LogP contribution in [0.2, 0.25) is 0 Å². The molecule has 10 aromatic rings. The van der Waals surface area contributed by atoms with Gasteiger partial charge in [0.15, 0.2) is 5.82 Å². The lowest BCUT2D eigenvalue weighted by molar-refractivity contribution is 0.714. The molecule has 0 bridgehead atoms. The third kappa shape index (κ3) is 4.94. The summed E-state index contributed by atoms with van der Waals surface area (Å²) in [5.41, 5.74) is 13.5. The molecule has 0 saturated heterocycles. The molecule has 1 unspecified atom stereocenters. The molecule has 0 amide bonds. The zero-order valence-electron chi connectivity index (χ0n) is 30.2. The van der Waals surface area contributed by atoms with E-state index < -0.39 is 0 Å². The first-order chi connectivity index (χ1) is 27.1. The van der Waals surface area contributed by atoms with Crippen molar-refractivity contribution in [3.05, 3.63) is 205 Å². The molecule has 1 aliphatic rings. The fourth-order valence-electron chi connectivity index (χ4n) is 8.93. The average Bonchev–Trinajstić information content (AvgIpc) is 3.76.